The molecule has 2 rings (SSSR count). The Balaban J connectivity index is 2.20. The lowest BCUT2D eigenvalue weighted by Crippen LogP contribution is -2.12. The van der Waals surface area contributed by atoms with E-state index >= 15 is 0 Å². The van der Waals surface area contributed by atoms with Gasteiger partial charge in [-0.05, 0) is 24.3 Å². The van der Waals surface area contributed by atoms with Crippen molar-refractivity contribution in [3.8, 4) is 11.5 Å². The van der Waals surface area contributed by atoms with Gasteiger partial charge in [-0.3, -0.25) is 9.78 Å². The number of carboxylic acid groups (broad SMARTS) is 1. The van der Waals surface area contributed by atoms with Crippen LogP contribution in [0.1, 0.15) is 20.7 Å². The third kappa shape index (κ3) is 3.27. The molecule has 0 bridgehead atoms. The van der Waals surface area contributed by atoms with Gasteiger partial charge in [0.25, 0.3) is 5.91 Å². The number of phenolic OH excluding ortho intramolecular Hbond substituents is 1. The predicted molar refractivity (Wildman–Crippen MR) is 73.8 cm³/mol. The highest BCUT2D eigenvalue weighted by Crippen LogP contribution is 2.26. The molecule has 1 aromatic heterocycles. The number of hydrogen-bond acceptors (Lipinski definition) is 5. The van der Waals surface area contributed by atoms with Gasteiger partial charge in [0.2, 0.25) is 0 Å². The van der Waals surface area contributed by atoms with Gasteiger partial charge in [0, 0.05) is 11.8 Å². The van der Waals surface area contributed by atoms with E-state index in [4.69, 9.17) is 9.84 Å². The van der Waals surface area contributed by atoms with Crippen LogP contribution in [0.15, 0.2) is 36.7 Å². The van der Waals surface area contributed by atoms with Crippen LogP contribution < -0.4 is 10.1 Å². The minimum absolute atomic E-state index is 0.0367. The Morgan fingerprint density at radius 1 is 1.19 bits per heavy atom. The fourth-order valence-corrected chi connectivity index (χ4v) is 1.66. The quantitative estimate of drug-likeness (QED) is 0.790. The number of amides is 1. The van der Waals surface area contributed by atoms with Crippen LogP contribution in [0, 0.1) is 0 Å². The molecule has 1 aromatic carbocycles. The van der Waals surface area contributed by atoms with Gasteiger partial charge in [-0.1, -0.05) is 0 Å². The number of phenols is 1. The molecule has 2 aromatic rings. The molecule has 1 amide bonds. The molecule has 0 unspecified atom stereocenters. The molecular weight excluding hydrogens is 276 g/mol. The summed E-state index contributed by atoms with van der Waals surface area (Å²) in [5.74, 6) is -1.55. The monoisotopic (exact) mass is 288 g/mol. The smallest absolute Gasteiger partial charge is 0.337 e. The van der Waals surface area contributed by atoms with E-state index in [9.17, 15) is 14.7 Å². The standard InChI is InChI=1S/C14H12N2O5/c1-21-12-3-2-8(5-11(12)17)13(18)16-10-4-9(14(19)20)6-15-7-10/h2-7,17H,1H3,(H,16,18)(H,19,20). The first-order chi connectivity index (χ1) is 10.0. The van der Waals surface area contributed by atoms with Gasteiger partial charge in [0.1, 0.15) is 0 Å². The summed E-state index contributed by atoms with van der Waals surface area (Å²) in [6, 6.07) is 5.47. The number of benzene rings is 1. The van der Waals surface area contributed by atoms with E-state index in [1.807, 2.05) is 0 Å². The van der Waals surface area contributed by atoms with Crippen LogP contribution in [0.3, 0.4) is 0 Å². The van der Waals surface area contributed by atoms with Gasteiger partial charge >= 0.3 is 5.97 Å². The number of anilines is 1. The van der Waals surface area contributed by atoms with Gasteiger partial charge in [-0.2, -0.15) is 0 Å². The van der Waals surface area contributed by atoms with Crippen LogP contribution in [0.2, 0.25) is 0 Å². The number of nitrogens with one attached hydrogen (secondary N) is 1. The predicted octanol–water partition coefficient (Wildman–Crippen LogP) is 1.75. The van der Waals surface area contributed by atoms with Crippen LogP contribution in [0.5, 0.6) is 11.5 Å². The molecule has 21 heavy (non-hydrogen) atoms. The first kappa shape index (κ1) is 14.3. The number of nitrogens with zero attached hydrogens (tertiary/aromatic N) is 1. The van der Waals surface area contributed by atoms with Crippen LogP contribution in [0.4, 0.5) is 5.69 Å². The highest BCUT2D eigenvalue weighted by molar-refractivity contribution is 6.05. The molecule has 0 aliphatic heterocycles. The Labute approximate surface area is 119 Å². The largest absolute Gasteiger partial charge is 0.504 e. The molecule has 0 fully saturated rings. The second-order valence-corrected chi connectivity index (χ2v) is 4.11. The Bertz CT molecular complexity index is 700. The van der Waals surface area contributed by atoms with Crippen molar-refractivity contribution < 1.29 is 24.5 Å². The van der Waals surface area contributed by atoms with Gasteiger partial charge in [-0.25, -0.2) is 4.79 Å². The van der Waals surface area contributed by atoms with Crippen molar-refractivity contribution in [2.75, 3.05) is 12.4 Å². The minimum Gasteiger partial charge on any atom is -0.504 e. The average molecular weight is 288 g/mol. The van der Waals surface area contributed by atoms with Crippen molar-refractivity contribution >= 4 is 17.6 Å². The SMILES string of the molecule is COc1ccc(C(=O)Nc2cncc(C(=O)O)c2)cc1O. The zero-order valence-electron chi connectivity index (χ0n) is 11.0. The van der Waals surface area contributed by atoms with E-state index < -0.39 is 11.9 Å². The van der Waals surface area contributed by atoms with Crippen molar-refractivity contribution in [1.29, 1.82) is 0 Å². The maximum Gasteiger partial charge on any atom is 0.337 e. The van der Waals surface area contributed by atoms with Gasteiger partial charge in [-0.15, -0.1) is 0 Å². The number of carbonyl (C=O) groups excluding carboxylic acids is 1. The van der Waals surface area contributed by atoms with E-state index in [2.05, 4.69) is 10.3 Å². The summed E-state index contributed by atoms with van der Waals surface area (Å²) in [5, 5.41) is 21.0. The van der Waals surface area contributed by atoms with E-state index in [-0.39, 0.29) is 28.3 Å². The molecule has 0 radical (unpaired) electrons. The van der Waals surface area contributed by atoms with Crippen LogP contribution >= 0.6 is 0 Å². The van der Waals surface area contributed by atoms with Gasteiger partial charge < -0.3 is 20.3 Å². The first-order valence-electron chi connectivity index (χ1n) is 5.88. The first-order valence-corrected chi connectivity index (χ1v) is 5.88. The van der Waals surface area contributed by atoms with Crippen molar-refractivity contribution in [2.45, 2.75) is 0 Å². The second kappa shape index (κ2) is 5.91. The summed E-state index contributed by atoms with van der Waals surface area (Å²) in [5.41, 5.74) is 0.412. The van der Waals surface area contributed by atoms with Gasteiger partial charge in [0.15, 0.2) is 11.5 Å². The normalized spacial score (nSPS) is 9.95. The number of ether oxygens (including phenoxy) is 1. The molecular formula is C14H12N2O5. The zero-order valence-corrected chi connectivity index (χ0v) is 11.0. The molecule has 1 heterocycles. The summed E-state index contributed by atoms with van der Waals surface area (Å²) in [6.45, 7) is 0. The fraction of sp³-hybridized carbons (Fsp3) is 0.0714. The molecule has 3 N–H and O–H groups in total. The molecule has 0 saturated carbocycles. The van der Waals surface area contributed by atoms with E-state index in [0.717, 1.165) is 0 Å². The van der Waals surface area contributed by atoms with E-state index in [0.29, 0.717) is 0 Å². The number of rotatable bonds is 4. The fourth-order valence-electron chi connectivity index (χ4n) is 1.66. The highest BCUT2D eigenvalue weighted by Gasteiger charge is 2.11. The number of aromatic nitrogens is 1. The maximum atomic E-state index is 12.0. The van der Waals surface area contributed by atoms with Crippen molar-refractivity contribution in [3.05, 3.63) is 47.8 Å². The third-order valence-electron chi connectivity index (χ3n) is 2.68. The van der Waals surface area contributed by atoms with Crippen LogP contribution in [-0.4, -0.2) is 34.2 Å². The summed E-state index contributed by atoms with van der Waals surface area (Å²) in [7, 11) is 1.40. The Morgan fingerprint density at radius 3 is 2.57 bits per heavy atom. The molecule has 0 aliphatic rings. The lowest BCUT2D eigenvalue weighted by Gasteiger charge is -2.08. The molecule has 0 spiro atoms. The summed E-state index contributed by atoms with van der Waals surface area (Å²) < 4.78 is 4.88. The van der Waals surface area contributed by atoms with Crippen molar-refractivity contribution in [1.82, 2.24) is 4.98 Å². The number of methoxy groups -OCH3 is 1. The number of carbonyl (C=O) groups is 2. The number of pyridine rings is 1. The number of aromatic carboxylic acids is 1. The third-order valence-corrected chi connectivity index (χ3v) is 2.68. The molecule has 0 saturated heterocycles. The Hall–Kier alpha value is -3.09. The van der Waals surface area contributed by atoms with Crippen molar-refractivity contribution in [3.63, 3.8) is 0 Å². The zero-order chi connectivity index (χ0) is 15.4. The lowest BCUT2D eigenvalue weighted by molar-refractivity contribution is 0.0696. The molecule has 108 valence electrons. The second-order valence-electron chi connectivity index (χ2n) is 4.11. The maximum absolute atomic E-state index is 12.0. The van der Waals surface area contributed by atoms with Crippen LogP contribution in [0.25, 0.3) is 0 Å². The average Bonchev–Trinajstić information content (AvgIpc) is 2.47. The molecule has 7 heteroatoms. The highest BCUT2D eigenvalue weighted by atomic mass is 16.5. The summed E-state index contributed by atoms with van der Waals surface area (Å²) in [6.07, 6.45) is 2.50. The number of hydrogen-bond donors (Lipinski definition) is 3. The summed E-state index contributed by atoms with van der Waals surface area (Å²) >= 11 is 0. The van der Waals surface area contributed by atoms with Gasteiger partial charge in [0.05, 0.1) is 24.6 Å². The minimum atomic E-state index is -1.14. The van der Waals surface area contributed by atoms with Crippen molar-refractivity contribution in [2.24, 2.45) is 0 Å². The molecule has 0 atom stereocenters. The summed E-state index contributed by atoms with van der Waals surface area (Å²) in [4.78, 5) is 26.6. The molecule has 0 aliphatic carbocycles. The Kier molecular flexibility index (Phi) is 4.03. The topological polar surface area (TPSA) is 109 Å². The van der Waals surface area contributed by atoms with E-state index in [1.54, 1.807) is 0 Å². The lowest BCUT2D eigenvalue weighted by atomic mass is 10.2. The van der Waals surface area contributed by atoms with Crippen LogP contribution in [-0.2, 0) is 0 Å². The molecule has 7 nitrogen and oxygen atoms in total. The van der Waals surface area contributed by atoms with E-state index in [1.165, 1.54) is 43.8 Å². The number of aromatic hydroxyl groups is 1. The Morgan fingerprint density at radius 2 is 1.95 bits per heavy atom. The number of carboxylic acids is 1.